The second-order valence-corrected chi connectivity index (χ2v) is 6.44. The van der Waals surface area contributed by atoms with E-state index in [9.17, 15) is 0 Å². The average molecular weight is 261 g/mol. The lowest BCUT2D eigenvalue weighted by Crippen LogP contribution is -2.47. The summed E-state index contributed by atoms with van der Waals surface area (Å²) >= 11 is 0. The molecule has 106 valence electrons. The highest BCUT2D eigenvalue weighted by Crippen LogP contribution is 2.26. The molecule has 0 saturated heterocycles. The van der Waals surface area contributed by atoms with Gasteiger partial charge < -0.3 is 15.1 Å². The van der Waals surface area contributed by atoms with E-state index in [4.69, 9.17) is 0 Å². The fourth-order valence-corrected chi connectivity index (χ4v) is 2.70. The van der Waals surface area contributed by atoms with Gasteiger partial charge in [0.25, 0.3) is 0 Å². The first-order valence-electron chi connectivity index (χ1n) is 7.20. The van der Waals surface area contributed by atoms with Gasteiger partial charge in [0.2, 0.25) is 0 Å². The van der Waals surface area contributed by atoms with Crippen molar-refractivity contribution >= 4 is 5.69 Å². The Morgan fingerprint density at radius 2 is 2.00 bits per heavy atom. The van der Waals surface area contributed by atoms with Crippen LogP contribution < -0.4 is 10.2 Å². The number of hydrogen-bond donors (Lipinski definition) is 1. The van der Waals surface area contributed by atoms with Crippen molar-refractivity contribution in [3.63, 3.8) is 0 Å². The summed E-state index contributed by atoms with van der Waals surface area (Å²) in [7, 11) is 4.28. The Hall–Kier alpha value is -1.06. The van der Waals surface area contributed by atoms with Gasteiger partial charge in [0.05, 0.1) is 0 Å². The summed E-state index contributed by atoms with van der Waals surface area (Å²) in [6, 6.07) is 8.78. The van der Waals surface area contributed by atoms with Gasteiger partial charge in [0.15, 0.2) is 0 Å². The minimum atomic E-state index is 0.164. The second kappa shape index (κ2) is 5.93. The quantitative estimate of drug-likeness (QED) is 0.897. The molecular weight excluding hydrogens is 234 g/mol. The molecule has 0 spiro atoms. The third-order valence-electron chi connectivity index (χ3n) is 3.71. The highest BCUT2D eigenvalue weighted by Gasteiger charge is 2.26. The zero-order valence-corrected chi connectivity index (χ0v) is 12.7. The van der Waals surface area contributed by atoms with Crippen molar-refractivity contribution in [2.24, 2.45) is 0 Å². The molecule has 0 unspecified atom stereocenters. The Balaban J connectivity index is 2.13. The minimum Gasteiger partial charge on any atom is -0.369 e. The molecule has 1 aromatic carbocycles. The fourth-order valence-electron chi connectivity index (χ4n) is 2.70. The first-order valence-corrected chi connectivity index (χ1v) is 7.20. The molecule has 0 amide bonds. The summed E-state index contributed by atoms with van der Waals surface area (Å²) in [4.78, 5) is 4.80. The molecule has 0 aromatic heterocycles. The van der Waals surface area contributed by atoms with E-state index in [2.05, 4.69) is 67.3 Å². The number of fused-ring (bicyclic) bond motifs is 1. The van der Waals surface area contributed by atoms with Gasteiger partial charge in [0, 0.05) is 30.9 Å². The molecule has 3 nitrogen and oxygen atoms in total. The summed E-state index contributed by atoms with van der Waals surface area (Å²) in [6.45, 7) is 8.88. The molecule has 0 fully saturated rings. The van der Waals surface area contributed by atoms with Crippen LogP contribution in [0.4, 0.5) is 5.69 Å². The summed E-state index contributed by atoms with van der Waals surface area (Å²) in [5, 5.41) is 3.65. The highest BCUT2D eigenvalue weighted by molar-refractivity contribution is 5.55. The number of para-hydroxylation sites is 1. The lowest BCUT2D eigenvalue weighted by atomic mass is 10.1. The number of rotatable bonds is 4. The third-order valence-corrected chi connectivity index (χ3v) is 3.71. The van der Waals surface area contributed by atoms with Crippen molar-refractivity contribution < 1.29 is 0 Å². The maximum Gasteiger partial charge on any atom is 0.0412 e. The van der Waals surface area contributed by atoms with Crippen LogP contribution in [0.2, 0.25) is 0 Å². The lowest BCUT2D eigenvalue weighted by molar-refractivity contribution is 0.379. The largest absolute Gasteiger partial charge is 0.369 e. The summed E-state index contributed by atoms with van der Waals surface area (Å²) in [5.74, 6) is 0. The molecule has 0 saturated carbocycles. The standard InChI is InChI=1S/C16H27N3/c1-16(2)13-19(11-7-10-18(3)4)15-9-6-5-8-14(15)12-17-16/h5-6,8-9,17H,7,10-13H2,1-4H3. The van der Waals surface area contributed by atoms with E-state index in [-0.39, 0.29) is 5.54 Å². The zero-order chi connectivity index (χ0) is 13.9. The van der Waals surface area contributed by atoms with Crippen LogP contribution >= 0.6 is 0 Å². The van der Waals surface area contributed by atoms with E-state index >= 15 is 0 Å². The van der Waals surface area contributed by atoms with Gasteiger partial charge in [-0.1, -0.05) is 18.2 Å². The first-order chi connectivity index (χ1) is 8.98. The van der Waals surface area contributed by atoms with E-state index < -0.39 is 0 Å². The van der Waals surface area contributed by atoms with Crippen LogP contribution in [0.3, 0.4) is 0 Å². The Morgan fingerprint density at radius 1 is 1.26 bits per heavy atom. The Labute approximate surface area is 117 Å². The van der Waals surface area contributed by atoms with E-state index in [1.165, 1.54) is 17.7 Å². The number of nitrogens with one attached hydrogen (secondary N) is 1. The molecule has 19 heavy (non-hydrogen) atoms. The van der Waals surface area contributed by atoms with Crippen LogP contribution in [0.15, 0.2) is 24.3 Å². The lowest BCUT2D eigenvalue weighted by Gasteiger charge is -2.32. The van der Waals surface area contributed by atoms with Crippen LogP contribution in [0.1, 0.15) is 25.8 Å². The van der Waals surface area contributed by atoms with Gasteiger partial charge in [-0.3, -0.25) is 0 Å². The molecule has 1 aliphatic heterocycles. The Morgan fingerprint density at radius 3 is 2.74 bits per heavy atom. The van der Waals surface area contributed by atoms with E-state index in [0.717, 1.165) is 26.2 Å². The molecular formula is C16H27N3. The predicted octanol–water partition coefficient (Wildman–Crippen LogP) is 2.33. The number of nitrogens with zero attached hydrogens (tertiary/aromatic N) is 2. The molecule has 0 atom stereocenters. The fraction of sp³-hybridized carbons (Fsp3) is 0.625. The second-order valence-electron chi connectivity index (χ2n) is 6.44. The SMILES string of the molecule is CN(C)CCCN1CC(C)(C)NCc2ccccc21. The summed E-state index contributed by atoms with van der Waals surface area (Å²) in [5.41, 5.74) is 2.98. The van der Waals surface area contributed by atoms with Crippen molar-refractivity contribution in [3.05, 3.63) is 29.8 Å². The summed E-state index contributed by atoms with van der Waals surface area (Å²) < 4.78 is 0. The Bertz CT molecular complexity index is 412. The number of benzene rings is 1. The molecule has 0 bridgehead atoms. The van der Waals surface area contributed by atoms with Crippen LogP contribution in [-0.2, 0) is 6.54 Å². The van der Waals surface area contributed by atoms with Crippen molar-refractivity contribution in [3.8, 4) is 0 Å². The average Bonchev–Trinajstić information content (AvgIpc) is 2.47. The summed E-state index contributed by atoms with van der Waals surface area (Å²) in [6.07, 6.45) is 1.21. The topological polar surface area (TPSA) is 18.5 Å². The van der Waals surface area contributed by atoms with Crippen molar-refractivity contribution in [1.29, 1.82) is 0 Å². The smallest absolute Gasteiger partial charge is 0.0412 e. The van der Waals surface area contributed by atoms with E-state index in [1.54, 1.807) is 0 Å². The molecule has 0 radical (unpaired) electrons. The van der Waals surface area contributed by atoms with Gasteiger partial charge in [-0.05, 0) is 52.5 Å². The monoisotopic (exact) mass is 261 g/mol. The highest BCUT2D eigenvalue weighted by atomic mass is 15.2. The van der Waals surface area contributed by atoms with Crippen molar-refractivity contribution in [2.45, 2.75) is 32.4 Å². The molecule has 2 rings (SSSR count). The Kier molecular flexibility index (Phi) is 4.48. The normalized spacial score (nSPS) is 18.3. The molecule has 1 N–H and O–H groups in total. The minimum absolute atomic E-state index is 0.164. The van der Waals surface area contributed by atoms with Crippen LogP contribution in [0.25, 0.3) is 0 Å². The maximum atomic E-state index is 3.65. The molecule has 0 aliphatic carbocycles. The maximum absolute atomic E-state index is 3.65. The number of anilines is 1. The first kappa shape index (κ1) is 14.4. The van der Waals surface area contributed by atoms with Crippen molar-refractivity contribution in [2.75, 3.05) is 38.6 Å². The van der Waals surface area contributed by atoms with Crippen molar-refractivity contribution in [1.82, 2.24) is 10.2 Å². The van der Waals surface area contributed by atoms with E-state index in [1.807, 2.05) is 0 Å². The molecule has 3 heteroatoms. The molecule has 1 heterocycles. The van der Waals surface area contributed by atoms with Gasteiger partial charge in [-0.2, -0.15) is 0 Å². The van der Waals surface area contributed by atoms with Gasteiger partial charge in [0.1, 0.15) is 0 Å². The molecule has 1 aliphatic rings. The van der Waals surface area contributed by atoms with Gasteiger partial charge in [-0.25, -0.2) is 0 Å². The van der Waals surface area contributed by atoms with Crippen LogP contribution in [-0.4, -0.2) is 44.2 Å². The third kappa shape index (κ3) is 3.95. The van der Waals surface area contributed by atoms with E-state index in [0.29, 0.717) is 0 Å². The van der Waals surface area contributed by atoms with Crippen LogP contribution in [0, 0.1) is 0 Å². The predicted molar refractivity (Wildman–Crippen MR) is 82.7 cm³/mol. The van der Waals surface area contributed by atoms with Gasteiger partial charge >= 0.3 is 0 Å². The molecule has 1 aromatic rings. The van der Waals surface area contributed by atoms with Crippen LogP contribution in [0.5, 0.6) is 0 Å². The zero-order valence-electron chi connectivity index (χ0n) is 12.7. The number of hydrogen-bond acceptors (Lipinski definition) is 3. The van der Waals surface area contributed by atoms with Gasteiger partial charge in [-0.15, -0.1) is 0 Å².